The minimum absolute atomic E-state index is 0.0721. The van der Waals surface area contributed by atoms with Gasteiger partial charge in [0.15, 0.2) is 0 Å². The molecule has 0 atom stereocenters. The second-order valence-electron chi connectivity index (χ2n) is 6.45. The van der Waals surface area contributed by atoms with Crippen LogP contribution in [0, 0.1) is 6.92 Å². The van der Waals surface area contributed by atoms with Crippen molar-refractivity contribution in [3.8, 4) is 0 Å². The van der Waals surface area contributed by atoms with Crippen LogP contribution in [0.2, 0.25) is 0 Å². The van der Waals surface area contributed by atoms with E-state index in [9.17, 15) is 9.59 Å². The number of hydrogen-bond donors (Lipinski definition) is 1. The maximum Gasteiger partial charge on any atom is 0.341 e. The van der Waals surface area contributed by atoms with Crippen molar-refractivity contribution >= 4 is 11.9 Å². The van der Waals surface area contributed by atoms with Crippen molar-refractivity contribution in [1.82, 2.24) is 15.1 Å². The van der Waals surface area contributed by atoms with E-state index >= 15 is 0 Å². The molecule has 1 aromatic rings. The third-order valence-electron chi connectivity index (χ3n) is 4.04. The third kappa shape index (κ3) is 5.07. The minimum atomic E-state index is -0.372. The second-order valence-corrected chi connectivity index (χ2v) is 6.45. The van der Waals surface area contributed by atoms with E-state index in [0.717, 1.165) is 31.9 Å². The summed E-state index contributed by atoms with van der Waals surface area (Å²) in [5.74, 6) is 1.05. The number of nitrogens with one attached hydrogen (secondary N) is 1. The van der Waals surface area contributed by atoms with Gasteiger partial charge in [-0.3, -0.25) is 14.6 Å². The smallest absolute Gasteiger partial charge is 0.341 e. The molecule has 0 aromatic carbocycles. The molecule has 24 heavy (non-hydrogen) atoms. The summed E-state index contributed by atoms with van der Waals surface area (Å²) in [5.41, 5.74) is 0.483. The first-order valence-electron chi connectivity index (χ1n) is 8.30. The Bertz CT molecular complexity index is 574. The summed E-state index contributed by atoms with van der Waals surface area (Å²) in [5, 5.41) is 2.91. The van der Waals surface area contributed by atoms with E-state index < -0.39 is 0 Å². The number of nitrogens with zero attached hydrogens (tertiary/aromatic N) is 2. The van der Waals surface area contributed by atoms with Gasteiger partial charge in [0, 0.05) is 32.2 Å². The molecule has 1 aromatic heterocycles. The van der Waals surface area contributed by atoms with E-state index in [1.807, 2.05) is 13.8 Å². The fourth-order valence-corrected chi connectivity index (χ4v) is 2.83. The molecule has 0 bridgehead atoms. The second kappa shape index (κ2) is 8.30. The molecule has 0 aliphatic carbocycles. The average molecular weight is 337 g/mol. The SMILES string of the molecule is COC(=O)c1cc(CN2CCN(CC(=O)NC(C)C)CC2)oc1C. The first kappa shape index (κ1) is 18.5. The van der Waals surface area contributed by atoms with Crippen LogP contribution in [-0.4, -0.2) is 67.6 Å². The van der Waals surface area contributed by atoms with Gasteiger partial charge in [0.05, 0.1) is 20.2 Å². The maximum absolute atomic E-state index is 11.8. The van der Waals surface area contributed by atoms with Crippen molar-refractivity contribution in [3.63, 3.8) is 0 Å². The number of amides is 1. The molecular formula is C17H27N3O4. The molecule has 7 heteroatoms. The third-order valence-corrected chi connectivity index (χ3v) is 4.04. The molecule has 1 aliphatic heterocycles. The van der Waals surface area contributed by atoms with Gasteiger partial charge in [0.1, 0.15) is 17.1 Å². The summed E-state index contributed by atoms with van der Waals surface area (Å²) in [6.45, 7) is 10.2. The summed E-state index contributed by atoms with van der Waals surface area (Å²) in [6.07, 6.45) is 0. The Morgan fingerprint density at radius 3 is 2.46 bits per heavy atom. The van der Waals surface area contributed by atoms with Crippen molar-refractivity contribution in [2.75, 3.05) is 39.8 Å². The lowest BCUT2D eigenvalue weighted by atomic mass is 10.2. The predicted octanol–water partition coefficient (Wildman–Crippen LogP) is 1.02. The summed E-state index contributed by atoms with van der Waals surface area (Å²) in [6, 6.07) is 1.92. The molecule has 1 fully saturated rings. The van der Waals surface area contributed by atoms with Crippen molar-refractivity contribution in [3.05, 3.63) is 23.2 Å². The van der Waals surface area contributed by atoms with Crippen LogP contribution in [0.3, 0.4) is 0 Å². The monoisotopic (exact) mass is 337 g/mol. The number of ether oxygens (including phenoxy) is 1. The molecule has 1 saturated heterocycles. The lowest BCUT2D eigenvalue weighted by molar-refractivity contribution is -0.123. The van der Waals surface area contributed by atoms with Gasteiger partial charge in [-0.2, -0.15) is 0 Å². The number of carbonyl (C=O) groups excluding carboxylic acids is 2. The fraction of sp³-hybridized carbons (Fsp3) is 0.647. The van der Waals surface area contributed by atoms with Crippen LogP contribution in [0.5, 0.6) is 0 Å². The molecule has 0 saturated carbocycles. The van der Waals surface area contributed by atoms with Gasteiger partial charge in [-0.25, -0.2) is 4.79 Å². The topological polar surface area (TPSA) is 75.0 Å². The van der Waals surface area contributed by atoms with E-state index in [4.69, 9.17) is 9.15 Å². The Balaban J connectivity index is 1.81. The Morgan fingerprint density at radius 2 is 1.88 bits per heavy atom. The zero-order chi connectivity index (χ0) is 17.7. The Kier molecular flexibility index (Phi) is 6.39. The Morgan fingerprint density at radius 1 is 1.25 bits per heavy atom. The standard InChI is InChI=1S/C17H27N3O4/c1-12(2)18-16(21)11-20-7-5-19(6-8-20)10-14-9-15(13(3)24-14)17(22)23-4/h9,12H,5-8,10-11H2,1-4H3,(H,18,21). The number of carbonyl (C=O) groups is 2. The van der Waals surface area contributed by atoms with Crippen LogP contribution < -0.4 is 5.32 Å². The predicted molar refractivity (Wildman–Crippen MR) is 89.8 cm³/mol. The lowest BCUT2D eigenvalue weighted by Gasteiger charge is -2.33. The number of esters is 1. The Hall–Kier alpha value is -1.86. The summed E-state index contributed by atoms with van der Waals surface area (Å²) >= 11 is 0. The fourth-order valence-electron chi connectivity index (χ4n) is 2.83. The van der Waals surface area contributed by atoms with Crippen LogP contribution in [0.1, 0.15) is 35.7 Å². The van der Waals surface area contributed by atoms with Crippen LogP contribution in [0.4, 0.5) is 0 Å². The average Bonchev–Trinajstić information content (AvgIpc) is 2.88. The van der Waals surface area contributed by atoms with E-state index in [2.05, 4.69) is 15.1 Å². The Labute approximate surface area is 142 Å². The van der Waals surface area contributed by atoms with Gasteiger partial charge >= 0.3 is 5.97 Å². The highest BCUT2D eigenvalue weighted by molar-refractivity contribution is 5.90. The summed E-state index contributed by atoms with van der Waals surface area (Å²) < 4.78 is 10.4. The molecule has 2 rings (SSSR count). The van der Waals surface area contributed by atoms with Gasteiger partial charge in [0.25, 0.3) is 0 Å². The molecule has 1 N–H and O–H groups in total. The first-order valence-corrected chi connectivity index (χ1v) is 8.30. The molecular weight excluding hydrogens is 310 g/mol. The zero-order valence-corrected chi connectivity index (χ0v) is 14.9. The van der Waals surface area contributed by atoms with Gasteiger partial charge in [-0.05, 0) is 26.8 Å². The highest BCUT2D eigenvalue weighted by Gasteiger charge is 2.21. The lowest BCUT2D eigenvalue weighted by Crippen LogP contribution is -2.49. The van der Waals surface area contributed by atoms with E-state index in [0.29, 0.717) is 24.4 Å². The molecule has 134 valence electrons. The summed E-state index contributed by atoms with van der Waals surface area (Å²) in [4.78, 5) is 27.8. The van der Waals surface area contributed by atoms with Crippen LogP contribution in [0.15, 0.2) is 10.5 Å². The van der Waals surface area contributed by atoms with Crippen LogP contribution in [0.25, 0.3) is 0 Å². The number of piperazine rings is 1. The molecule has 0 unspecified atom stereocenters. The van der Waals surface area contributed by atoms with Crippen LogP contribution >= 0.6 is 0 Å². The van der Waals surface area contributed by atoms with Crippen molar-refractivity contribution in [1.29, 1.82) is 0 Å². The van der Waals surface area contributed by atoms with E-state index in [1.54, 1.807) is 13.0 Å². The number of methoxy groups -OCH3 is 1. The first-order chi connectivity index (χ1) is 11.4. The molecule has 0 radical (unpaired) electrons. The molecule has 1 aliphatic rings. The van der Waals surface area contributed by atoms with Gasteiger partial charge in [-0.1, -0.05) is 0 Å². The molecule has 0 spiro atoms. The van der Waals surface area contributed by atoms with Crippen molar-refractivity contribution < 1.29 is 18.7 Å². The molecule has 7 nitrogen and oxygen atoms in total. The number of hydrogen-bond acceptors (Lipinski definition) is 6. The minimum Gasteiger partial charge on any atom is -0.465 e. The van der Waals surface area contributed by atoms with Gasteiger partial charge in [0.2, 0.25) is 5.91 Å². The quantitative estimate of drug-likeness (QED) is 0.781. The highest BCUT2D eigenvalue weighted by Crippen LogP contribution is 2.18. The number of aryl methyl sites for hydroxylation is 1. The molecule has 2 heterocycles. The summed E-state index contributed by atoms with van der Waals surface area (Å²) in [7, 11) is 1.36. The van der Waals surface area contributed by atoms with E-state index in [-0.39, 0.29) is 17.9 Å². The van der Waals surface area contributed by atoms with Gasteiger partial charge < -0.3 is 14.5 Å². The zero-order valence-electron chi connectivity index (χ0n) is 14.9. The van der Waals surface area contributed by atoms with Crippen molar-refractivity contribution in [2.24, 2.45) is 0 Å². The normalized spacial score (nSPS) is 16.4. The maximum atomic E-state index is 11.8. The van der Waals surface area contributed by atoms with E-state index in [1.165, 1.54) is 7.11 Å². The highest BCUT2D eigenvalue weighted by atomic mass is 16.5. The van der Waals surface area contributed by atoms with Crippen molar-refractivity contribution in [2.45, 2.75) is 33.4 Å². The number of rotatable bonds is 6. The number of furan rings is 1. The van der Waals surface area contributed by atoms with Crippen LogP contribution in [-0.2, 0) is 16.1 Å². The largest absolute Gasteiger partial charge is 0.465 e. The van der Waals surface area contributed by atoms with Gasteiger partial charge in [-0.15, -0.1) is 0 Å². The molecule has 1 amide bonds.